The van der Waals surface area contributed by atoms with Gasteiger partial charge in [-0.3, -0.25) is 19.7 Å². The number of benzene rings is 1. The summed E-state index contributed by atoms with van der Waals surface area (Å²) in [6.07, 6.45) is 3.00. The van der Waals surface area contributed by atoms with E-state index in [1.807, 2.05) is 0 Å². The van der Waals surface area contributed by atoms with Crippen LogP contribution in [0.15, 0.2) is 28.2 Å². The Bertz CT molecular complexity index is 1020. The molecule has 2 aliphatic heterocycles. The van der Waals surface area contributed by atoms with Crippen molar-refractivity contribution in [3.63, 3.8) is 0 Å². The van der Waals surface area contributed by atoms with Gasteiger partial charge in [0.1, 0.15) is 6.04 Å². The first-order chi connectivity index (χ1) is 14.3. The van der Waals surface area contributed by atoms with Gasteiger partial charge in [0.15, 0.2) is 9.84 Å². The average molecular weight is 433 g/mol. The second-order valence-electron chi connectivity index (χ2n) is 7.37. The molecule has 0 bridgehead atoms. The molecule has 3 rings (SSSR count). The van der Waals surface area contributed by atoms with Crippen molar-refractivity contribution in [1.82, 2.24) is 10.2 Å². The number of hydrogen-bond donors (Lipinski definition) is 1. The minimum atomic E-state index is -3.60. The van der Waals surface area contributed by atoms with Gasteiger partial charge in [-0.15, -0.1) is 0 Å². The van der Waals surface area contributed by atoms with Crippen LogP contribution in [0.2, 0.25) is 0 Å². The molecule has 1 atom stereocenters. The lowest BCUT2D eigenvalue weighted by Crippen LogP contribution is -2.52. The topological polar surface area (TPSA) is 149 Å². The van der Waals surface area contributed by atoms with Gasteiger partial charge in [0.05, 0.1) is 10.6 Å². The zero-order chi connectivity index (χ0) is 21.7. The number of nitrogens with one attached hydrogen (secondary N) is 1. The molecule has 0 saturated carbocycles. The minimum absolute atomic E-state index is 0.0298. The third kappa shape index (κ3) is 4.63. The second kappa shape index (κ2) is 9.27. The van der Waals surface area contributed by atoms with Crippen molar-refractivity contribution in [2.75, 3.05) is 12.3 Å². The molecular weight excluding hydrogens is 410 g/mol. The monoisotopic (exact) mass is 433 g/mol. The van der Waals surface area contributed by atoms with Crippen molar-refractivity contribution in [3.05, 3.63) is 39.8 Å². The number of piperidine rings is 1. The van der Waals surface area contributed by atoms with Gasteiger partial charge in [0.2, 0.25) is 11.8 Å². The third-order valence-corrected chi connectivity index (χ3v) is 7.24. The van der Waals surface area contributed by atoms with Gasteiger partial charge in [-0.25, -0.2) is 8.42 Å². The van der Waals surface area contributed by atoms with Crippen LogP contribution in [0.4, 0.5) is 0 Å². The lowest BCUT2D eigenvalue weighted by atomic mass is 10.0. The molecule has 11 heteroatoms. The van der Waals surface area contributed by atoms with Crippen LogP contribution in [0.5, 0.6) is 0 Å². The normalized spacial score (nSPS) is 18.7. The van der Waals surface area contributed by atoms with Crippen LogP contribution < -0.4 is 5.32 Å². The van der Waals surface area contributed by atoms with E-state index in [1.54, 1.807) is 6.07 Å². The van der Waals surface area contributed by atoms with Gasteiger partial charge in [-0.1, -0.05) is 24.0 Å². The lowest BCUT2D eigenvalue weighted by molar-refractivity contribution is -0.136. The van der Waals surface area contributed by atoms with E-state index in [4.69, 9.17) is 5.53 Å². The van der Waals surface area contributed by atoms with E-state index in [-0.39, 0.29) is 41.5 Å². The van der Waals surface area contributed by atoms with E-state index in [1.165, 1.54) is 17.0 Å². The summed E-state index contributed by atoms with van der Waals surface area (Å²) in [4.78, 5) is 40.5. The van der Waals surface area contributed by atoms with Crippen LogP contribution in [0.1, 0.15) is 54.4 Å². The molecule has 0 spiro atoms. The van der Waals surface area contributed by atoms with Gasteiger partial charge in [-0.05, 0) is 36.9 Å². The molecule has 1 N–H and O–H groups in total. The molecule has 160 valence electrons. The van der Waals surface area contributed by atoms with Crippen LogP contribution in [-0.4, -0.2) is 49.4 Å². The molecule has 10 nitrogen and oxygen atoms in total. The fourth-order valence-electron chi connectivity index (χ4n) is 3.83. The maximum Gasteiger partial charge on any atom is 0.255 e. The molecule has 1 saturated heterocycles. The number of hydrogen-bond acceptors (Lipinski definition) is 6. The van der Waals surface area contributed by atoms with E-state index in [0.29, 0.717) is 31.4 Å². The average Bonchev–Trinajstić information content (AvgIpc) is 3.04. The molecule has 1 unspecified atom stereocenters. The van der Waals surface area contributed by atoms with Gasteiger partial charge in [0.25, 0.3) is 5.91 Å². The number of amides is 3. The first-order valence-corrected chi connectivity index (χ1v) is 11.5. The number of sulfone groups is 1. The van der Waals surface area contributed by atoms with E-state index in [0.717, 1.165) is 6.42 Å². The SMILES string of the molecule is [N-]=[N+]=NCCCCCCS(=O)(=O)c1cccc2c1CN(C1CCC(=O)NC1=O)C2=O. The molecule has 2 heterocycles. The number of azide groups is 1. The Balaban J connectivity index is 1.70. The van der Waals surface area contributed by atoms with Crippen LogP contribution in [0.25, 0.3) is 10.4 Å². The van der Waals surface area contributed by atoms with Gasteiger partial charge in [0, 0.05) is 35.5 Å². The summed E-state index contributed by atoms with van der Waals surface area (Å²) in [6, 6.07) is 3.82. The maximum absolute atomic E-state index is 12.9. The first-order valence-electron chi connectivity index (χ1n) is 9.85. The highest BCUT2D eigenvalue weighted by Crippen LogP contribution is 2.32. The Hall–Kier alpha value is -2.91. The van der Waals surface area contributed by atoms with E-state index in [2.05, 4.69) is 15.3 Å². The number of imide groups is 1. The van der Waals surface area contributed by atoms with Crippen molar-refractivity contribution < 1.29 is 22.8 Å². The summed E-state index contributed by atoms with van der Waals surface area (Å²) in [7, 11) is -3.60. The second-order valence-corrected chi connectivity index (χ2v) is 9.45. The summed E-state index contributed by atoms with van der Waals surface area (Å²) in [5.41, 5.74) is 8.94. The van der Waals surface area contributed by atoms with Gasteiger partial charge >= 0.3 is 0 Å². The standard InChI is InChI=1S/C19H23N5O5S/c20-23-21-10-3-1-2-4-11-30(28,29)16-7-5-6-13-14(16)12-24(19(13)27)15-8-9-17(25)22-18(15)26/h5-7,15H,1-4,8-12H2,(H,22,25,26). The Morgan fingerprint density at radius 3 is 2.67 bits per heavy atom. The maximum atomic E-state index is 12.9. The number of fused-ring (bicyclic) bond motifs is 1. The molecule has 1 aromatic carbocycles. The summed E-state index contributed by atoms with van der Waals surface area (Å²) in [5.74, 6) is -1.34. The Kier molecular flexibility index (Phi) is 6.73. The van der Waals surface area contributed by atoms with Crippen LogP contribution in [0.3, 0.4) is 0 Å². The molecule has 0 radical (unpaired) electrons. The zero-order valence-corrected chi connectivity index (χ0v) is 17.2. The number of unbranched alkanes of at least 4 members (excludes halogenated alkanes) is 3. The van der Waals surface area contributed by atoms with E-state index >= 15 is 0 Å². The Labute approximate surface area is 174 Å². The predicted octanol–water partition coefficient (Wildman–Crippen LogP) is 2.09. The molecule has 1 fully saturated rings. The van der Waals surface area contributed by atoms with E-state index < -0.39 is 27.7 Å². The number of nitrogens with zero attached hydrogens (tertiary/aromatic N) is 4. The molecule has 3 amide bonds. The Morgan fingerprint density at radius 1 is 1.17 bits per heavy atom. The number of rotatable bonds is 9. The molecule has 0 aromatic heterocycles. The highest BCUT2D eigenvalue weighted by atomic mass is 32.2. The highest BCUT2D eigenvalue weighted by molar-refractivity contribution is 7.91. The van der Waals surface area contributed by atoms with E-state index in [9.17, 15) is 22.8 Å². The van der Waals surface area contributed by atoms with Crippen molar-refractivity contribution in [2.24, 2.45) is 5.11 Å². The van der Waals surface area contributed by atoms with Gasteiger partial charge in [-0.2, -0.15) is 0 Å². The van der Waals surface area contributed by atoms with Gasteiger partial charge < -0.3 is 4.90 Å². The Morgan fingerprint density at radius 2 is 1.93 bits per heavy atom. The molecular formula is C19H23N5O5S. The largest absolute Gasteiger partial charge is 0.322 e. The molecule has 0 aliphatic carbocycles. The summed E-state index contributed by atoms with van der Waals surface area (Å²) >= 11 is 0. The van der Waals surface area contributed by atoms with Crippen LogP contribution in [0, 0.1) is 0 Å². The molecule has 2 aliphatic rings. The smallest absolute Gasteiger partial charge is 0.255 e. The predicted molar refractivity (Wildman–Crippen MR) is 107 cm³/mol. The van der Waals surface area contributed by atoms with Crippen molar-refractivity contribution in [2.45, 2.75) is 56.0 Å². The number of carbonyl (C=O) groups is 3. The zero-order valence-electron chi connectivity index (χ0n) is 16.4. The number of carbonyl (C=O) groups excluding carboxylic acids is 3. The minimum Gasteiger partial charge on any atom is -0.322 e. The summed E-state index contributed by atoms with van der Waals surface area (Å²) in [5, 5.41) is 5.68. The molecule has 1 aromatic rings. The van der Waals surface area contributed by atoms with Crippen LogP contribution >= 0.6 is 0 Å². The van der Waals surface area contributed by atoms with Crippen molar-refractivity contribution in [3.8, 4) is 0 Å². The molecule has 30 heavy (non-hydrogen) atoms. The fraction of sp³-hybridized carbons (Fsp3) is 0.526. The summed E-state index contributed by atoms with van der Waals surface area (Å²) in [6.45, 7) is 0.426. The van der Waals surface area contributed by atoms with Crippen molar-refractivity contribution in [1.29, 1.82) is 0 Å². The van der Waals surface area contributed by atoms with Crippen LogP contribution in [-0.2, 0) is 26.0 Å². The fourth-order valence-corrected chi connectivity index (χ4v) is 5.47. The van der Waals surface area contributed by atoms with Crippen molar-refractivity contribution >= 4 is 27.6 Å². The highest BCUT2D eigenvalue weighted by Gasteiger charge is 2.40. The first kappa shape index (κ1) is 21.8. The quantitative estimate of drug-likeness (QED) is 0.208. The lowest BCUT2D eigenvalue weighted by Gasteiger charge is -2.29. The summed E-state index contributed by atoms with van der Waals surface area (Å²) < 4.78 is 25.8. The third-order valence-electron chi connectivity index (χ3n) is 5.36.